The van der Waals surface area contributed by atoms with Gasteiger partial charge in [-0.05, 0) is 36.4 Å². The van der Waals surface area contributed by atoms with Crippen LogP contribution in [0.5, 0.6) is 0 Å². The van der Waals surface area contributed by atoms with Crippen molar-refractivity contribution in [1.82, 2.24) is 14.8 Å². The number of carbonyl (C=O) groups excluding carboxylic acids is 2. The molecule has 0 saturated heterocycles. The second kappa shape index (κ2) is 9.78. The minimum Gasteiger partial charge on any atom is -0.326 e. The Bertz CT molecular complexity index is 1020. The number of hydrogen-bond acceptors (Lipinski definition) is 5. The summed E-state index contributed by atoms with van der Waals surface area (Å²) in [7, 11) is 1.75. The Balaban J connectivity index is 1.53. The molecule has 0 saturated carbocycles. The lowest BCUT2D eigenvalue weighted by Crippen LogP contribution is -2.17. The predicted molar refractivity (Wildman–Crippen MR) is 116 cm³/mol. The van der Waals surface area contributed by atoms with Gasteiger partial charge in [-0.25, -0.2) is 0 Å². The van der Waals surface area contributed by atoms with Crippen LogP contribution in [0.25, 0.3) is 0 Å². The van der Waals surface area contributed by atoms with Gasteiger partial charge in [0.2, 0.25) is 11.8 Å². The third-order valence-corrected chi connectivity index (χ3v) is 5.45. The van der Waals surface area contributed by atoms with Crippen molar-refractivity contribution in [3.05, 3.63) is 64.4 Å². The predicted octanol–water partition coefficient (Wildman–Crippen LogP) is 4.03. The van der Waals surface area contributed by atoms with E-state index in [2.05, 4.69) is 20.8 Å². The van der Waals surface area contributed by atoms with Gasteiger partial charge in [-0.3, -0.25) is 9.59 Å². The van der Waals surface area contributed by atoms with Crippen molar-refractivity contribution in [2.75, 3.05) is 16.4 Å². The van der Waals surface area contributed by atoms with Crippen LogP contribution in [0.3, 0.4) is 0 Å². The topological polar surface area (TPSA) is 88.9 Å². The van der Waals surface area contributed by atoms with Gasteiger partial charge in [0.05, 0.1) is 22.9 Å². The minimum atomic E-state index is -0.226. The molecule has 150 valence electrons. The number of thioether (sulfide) groups is 1. The van der Waals surface area contributed by atoms with Gasteiger partial charge in [-0.15, -0.1) is 10.2 Å². The molecule has 0 spiro atoms. The molecule has 2 N–H and O–H groups in total. The van der Waals surface area contributed by atoms with E-state index in [4.69, 9.17) is 23.2 Å². The minimum absolute atomic E-state index is 0.0541. The van der Waals surface area contributed by atoms with E-state index in [9.17, 15) is 9.59 Å². The summed E-state index contributed by atoms with van der Waals surface area (Å²) < 4.78 is 1.69. The molecule has 0 unspecified atom stereocenters. The number of para-hydroxylation sites is 1. The zero-order chi connectivity index (χ0) is 20.8. The normalized spacial score (nSPS) is 10.6. The number of hydrogen-bond donors (Lipinski definition) is 2. The number of anilines is 2. The van der Waals surface area contributed by atoms with Crippen LogP contribution in [-0.2, 0) is 23.1 Å². The zero-order valence-electron chi connectivity index (χ0n) is 15.4. The Labute approximate surface area is 181 Å². The van der Waals surface area contributed by atoms with E-state index in [0.29, 0.717) is 32.4 Å². The van der Waals surface area contributed by atoms with E-state index in [0.717, 1.165) is 0 Å². The molecule has 7 nitrogen and oxygen atoms in total. The van der Waals surface area contributed by atoms with Crippen LogP contribution < -0.4 is 10.6 Å². The summed E-state index contributed by atoms with van der Waals surface area (Å²) in [6, 6.07) is 13.8. The molecule has 0 atom stereocenters. The number of amides is 2. The number of aromatic nitrogens is 3. The highest BCUT2D eigenvalue weighted by molar-refractivity contribution is 7.99. The maximum absolute atomic E-state index is 12.2. The van der Waals surface area contributed by atoms with Gasteiger partial charge in [0.1, 0.15) is 5.82 Å². The summed E-state index contributed by atoms with van der Waals surface area (Å²) in [4.78, 5) is 24.4. The molecule has 3 rings (SSSR count). The first-order valence-corrected chi connectivity index (χ1v) is 10.3. The van der Waals surface area contributed by atoms with Crippen molar-refractivity contribution < 1.29 is 9.59 Å². The first-order chi connectivity index (χ1) is 13.9. The molecule has 10 heteroatoms. The Morgan fingerprint density at radius 2 is 1.72 bits per heavy atom. The van der Waals surface area contributed by atoms with Crippen LogP contribution in [0, 0.1) is 0 Å². The van der Waals surface area contributed by atoms with Crippen LogP contribution in [0.2, 0.25) is 10.0 Å². The summed E-state index contributed by atoms with van der Waals surface area (Å²) in [5, 5.41) is 15.2. The fraction of sp³-hybridized carbons (Fsp3) is 0.158. The Morgan fingerprint density at radius 3 is 2.45 bits per heavy atom. The standard InChI is InChI=1S/C19H17Cl2N5O2S/c1-26-16(10-17(27)22-13-8-6-12(20)7-9-13)24-25-19(26)29-11-18(28)23-15-5-3-2-4-14(15)21/h2-9H,10-11H2,1H3,(H,22,27)(H,23,28). The van der Waals surface area contributed by atoms with Crippen molar-refractivity contribution >= 4 is 58.2 Å². The van der Waals surface area contributed by atoms with Crippen molar-refractivity contribution in [2.45, 2.75) is 11.6 Å². The molecule has 0 fully saturated rings. The smallest absolute Gasteiger partial charge is 0.234 e. The maximum atomic E-state index is 12.2. The molecule has 1 aromatic heterocycles. The average Bonchev–Trinajstić information content (AvgIpc) is 3.03. The lowest BCUT2D eigenvalue weighted by molar-refractivity contribution is -0.116. The van der Waals surface area contributed by atoms with Crippen LogP contribution >= 0.6 is 35.0 Å². The van der Waals surface area contributed by atoms with Gasteiger partial charge < -0.3 is 15.2 Å². The molecule has 2 aromatic carbocycles. The first-order valence-electron chi connectivity index (χ1n) is 8.53. The fourth-order valence-corrected chi connectivity index (χ4v) is 3.42. The Hall–Kier alpha value is -2.55. The summed E-state index contributed by atoms with van der Waals surface area (Å²) in [5.74, 6) is 0.184. The van der Waals surface area contributed by atoms with Gasteiger partial charge in [-0.1, -0.05) is 47.1 Å². The number of halogens is 2. The van der Waals surface area contributed by atoms with Crippen molar-refractivity contribution in [3.8, 4) is 0 Å². The quantitative estimate of drug-likeness (QED) is 0.531. The van der Waals surface area contributed by atoms with E-state index in [1.165, 1.54) is 11.8 Å². The van der Waals surface area contributed by atoms with Gasteiger partial charge in [0.15, 0.2) is 5.16 Å². The molecule has 0 bridgehead atoms. The maximum Gasteiger partial charge on any atom is 0.234 e. The van der Waals surface area contributed by atoms with Crippen LogP contribution in [0.4, 0.5) is 11.4 Å². The molecule has 2 amide bonds. The molecule has 0 radical (unpaired) electrons. The van der Waals surface area contributed by atoms with E-state index in [-0.39, 0.29) is 24.0 Å². The number of benzene rings is 2. The third kappa shape index (κ3) is 5.96. The molecule has 29 heavy (non-hydrogen) atoms. The molecule has 1 heterocycles. The van der Waals surface area contributed by atoms with E-state index in [1.54, 1.807) is 60.1 Å². The number of nitrogens with zero attached hydrogens (tertiary/aromatic N) is 3. The summed E-state index contributed by atoms with van der Waals surface area (Å²) in [6.07, 6.45) is 0.0541. The summed E-state index contributed by atoms with van der Waals surface area (Å²) in [5.41, 5.74) is 1.20. The zero-order valence-corrected chi connectivity index (χ0v) is 17.7. The van der Waals surface area contributed by atoms with Gasteiger partial charge in [0, 0.05) is 17.8 Å². The summed E-state index contributed by atoms with van der Waals surface area (Å²) >= 11 is 13.1. The van der Waals surface area contributed by atoms with Gasteiger partial charge in [0.25, 0.3) is 0 Å². The molecule has 0 aliphatic carbocycles. The monoisotopic (exact) mass is 449 g/mol. The van der Waals surface area contributed by atoms with E-state index < -0.39 is 0 Å². The highest BCUT2D eigenvalue weighted by Crippen LogP contribution is 2.22. The number of nitrogens with one attached hydrogen (secondary N) is 2. The Morgan fingerprint density at radius 1 is 1.00 bits per heavy atom. The highest BCUT2D eigenvalue weighted by atomic mass is 35.5. The van der Waals surface area contributed by atoms with E-state index in [1.807, 2.05) is 0 Å². The SMILES string of the molecule is Cn1c(CC(=O)Nc2ccc(Cl)cc2)nnc1SCC(=O)Nc1ccccc1Cl. The summed E-state index contributed by atoms with van der Waals surface area (Å²) in [6.45, 7) is 0. The molecular weight excluding hydrogens is 433 g/mol. The lowest BCUT2D eigenvalue weighted by atomic mass is 10.3. The molecular formula is C19H17Cl2N5O2S. The molecule has 0 aliphatic heterocycles. The Kier molecular flexibility index (Phi) is 7.13. The number of rotatable bonds is 7. The first kappa shape index (κ1) is 21.2. The highest BCUT2D eigenvalue weighted by Gasteiger charge is 2.15. The fourth-order valence-electron chi connectivity index (χ4n) is 2.39. The number of carbonyl (C=O) groups is 2. The third-order valence-electron chi connectivity index (χ3n) is 3.85. The van der Waals surface area contributed by atoms with E-state index >= 15 is 0 Å². The van der Waals surface area contributed by atoms with Crippen molar-refractivity contribution in [2.24, 2.45) is 7.05 Å². The largest absolute Gasteiger partial charge is 0.326 e. The van der Waals surface area contributed by atoms with Crippen LogP contribution in [0.15, 0.2) is 53.7 Å². The van der Waals surface area contributed by atoms with Gasteiger partial charge >= 0.3 is 0 Å². The van der Waals surface area contributed by atoms with Crippen molar-refractivity contribution in [1.29, 1.82) is 0 Å². The van der Waals surface area contributed by atoms with Gasteiger partial charge in [-0.2, -0.15) is 0 Å². The van der Waals surface area contributed by atoms with Crippen LogP contribution in [-0.4, -0.2) is 32.3 Å². The van der Waals surface area contributed by atoms with Crippen LogP contribution in [0.1, 0.15) is 5.82 Å². The second-order valence-electron chi connectivity index (χ2n) is 6.01. The second-order valence-corrected chi connectivity index (χ2v) is 7.79. The average molecular weight is 450 g/mol. The lowest BCUT2D eigenvalue weighted by Gasteiger charge is -2.07. The van der Waals surface area contributed by atoms with Crippen molar-refractivity contribution in [3.63, 3.8) is 0 Å². The molecule has 3 aromatic rings. The molecule has 0 aliphatic rings.